The van der Waals surface area contributed by atoms with Gasteiger partial charge in [-0.1, -0.05) is 6.92 Å². The second kappa shape index (κ2) is 2.23. The largest absolute Gasteiger partial charge is 0.300 e. The minimum Gasteiger partial charge on any atom is -0.300 e. The first-order chi connectivity index (χ1) is 4.77. The van der Waals surface area contributed by atoms with E-state index in [4.69, 9.17) is 0 Å². The lowest BCUT2D eigenvalue weighted by Gasteiger charge is -2.47. The molecule has 0 spiro atoms. The molecular formula is C9H17N. The highest BCUT2D eigenvalue weighted by Gasteiger charge is 2.35. The minimum absolute atomic E-state index is 0.884. The number of hydrogen-bond donors (Lipinski definition) is 0. The average molecular weight is 139 g/mol. The van der Waals surface area contributed by atoms with E-state index in [2.05, 4.69) is 18.7 Å². The van der Waals surface area contributed by atoms with Crippen LogP contribution in [0.15, 0.2) is 0 Å². The van der Waals surface area contributed by atoms with Gasteiger partial charge in [0.15, 0.2) is 0 Å². The van der Waals surface area contributed by atoms with Gasteiger partial charge >= 0.3 is 0 Å². The maximum absolute atomic E-state index is 2.64. The first kappa shape index (κ1) is 6.66. The number of fused-ring (bicyclic) bond motifs is 3. The van der Waals surface area contributed by atoms with Gasteiger partial charge < -0.3 is 4.90 Å². The number of rotatable bonds is 0. The van der Waals surface area contributed by atoms with Crippen LogP contribution >= 0.6 is 0 Å². The Balaban J connectivity index is 2.09. The summed E-state index contributed by atoms with van der Waals surface area (Å²) >= 11 is 0. The SMILES string of the molecule is CC1CC2CCN1C[C@H]2C. The van der Waals surface area contributed by atoms with E-state index in [0.717, 1.165) is 17.9 Å². The van der Waals surface area contributed by atoms with E-state index in [-0.39, 0.29) is 0 Å². The smallest absolute Gasteiger partial charge is 0.00698 e. The number of nitrogens with zero attached hydrogens (tertiary/aromatic N) is 1. The van der Waals surface area contributed by atoms with Crippen LogP contribution in [0.3, 0.4) is 0 Å². The summed E-state index contributed by atoms with van der Waals surface area (Å²) in [6, 6.07) is 0.884. The zero-order valence-corrected chi connectivity index (χ0v) is 7.01. The van der Waals surface area contributed by atoms with Crippen molar-refractivity contribution in [2.75, 3.05) is 13.1 Å². The first-order valence-corrected chi connectivity index (χ1v) is 4.51. The van der Waals surface area contributed by atoms with Crippen molar-refractivity contribution in [2.24, 2.45) is 11.8 Å². The molecule has 0 aromatic carbocycles. The summed E-state index contributed by atoms with van der Waals surface area (Å²) < 4.78 is 0. The van der Waals surface area contributed by atoms with Crippen molar-refractivity contribution < 1.29 is 0 Å². The molecule has 3 heterocycles. The van der Waals surface area contributed by atoms with Gasteiger partial charge in [0.05, 0.1) is 0 Å². The Morgan fingerprint density at radius 3 is 2.40 bits per heavy atom. The molecule has 0 N–H and O–H groups in total. The quantitative estimate of drug-likeness (QED) is 0.494. The van der Waals surface area contributed by atoms with E-state index in [1.54, 1.807) is 0 Å². The molecule has 1 nitrogen and oxygen atoms in total. The summed E-state index contributed by atoms with van der Waals surface area (Å²) in [6.45, 7) is 7.52. The summed E-state index contributed by atoms with van der Waals surface area (Å²) in [7, 11) is 0. The first-order valence-electron chi connectivity index (χ1n) is 4.51. The van der Waals surface area contributed by atoms with Gasteiger partial charge in [-0.3, -0.25) is 0 Å². The topological polar surface area (TPSA) is 3.24 Å². The molecular weight excluding hydrogens is 122 g/mol. The molecule has 2 bridgehead atoms. The predicted molar refractivity (Wildman–Crippen MR) is 42.9 cm³/mol. The fourth-order valence-electron chi connectivity index (χ4n) is 2.56. The summed E-state index contributed by atoms with van der Waals surface area (Å²) in [5, 5.41) is 0. The van der Waals surface area contributed by atoms with Gasteiger partial charge in [0, 0.05) is 12.6 Å². The monoisotopic (exact) mass is 139 g/mol. The van der Waals surface area contributed by atoms with Gasteiger partial charge in [0.2, 0.25) is 0 Å². The van der Waals surface area contributed by atoms with Crippen molar-refractivity contribution in [3.63, 3.8) is 0 Å². The molecule has 3 aliphatic heterocycles. The van der Waals surface area contributed by atoms with Crippen molar-refractivity contribution in [3.8, 4) is 0 Å². The summed E-state index contributed by atoms with van der Waals surface area (Å²) in [5.41, 5.74) is 0. The Morgan fingerprint density at radius 2 is 2.10 bits per heavy atom. The Labute approximate surface area is 63.4 Å². The third kappa shape index (κ3) is 0.878. The van der Waals surface area contributed by atoms with E-state index in [9.17, 15) is 0 Å². The standard InChI is InChI=1S/C9H17N/c1-7-6-10-4-3-9(7)5-8(10)2/h7-9H,3-6H2,1-2H3/t7-,8?,9?/m1/s1. The third-order valence-corrected chi connectivity index (χ3v) is 3.38. The molecule has 0 saturated carbocycles. The molecule has 3 aliphatic rings. The lowest BCUT2D eigenvalue weighted by molar-refractivity contribution is 0.0166. The van der Waals surface area contributed by atoms with E-state index in [1.165, 1.54) is 25.9 Å². The molecule has 0 radical (unpaired) electrons. The lowest BCUT2D eigenvalue weighted by Crippen LogP contribution is -2.51. The van der Waals surface area contributed by atoms with Gasteiger partial charge in [-0.05, 0) is 38.1 Å². The fraction of sp³-hybridized carbons (Fsp3) is 1.00. The van der Waals surface area contributed by atoms with Crippen LogP contribution in [-0.2, 0) is 0 Å². The zero-order chi connectivity index (χ0) is 7.14. The average Bonchev–Trinajstić information content (AvgIpc) is 1.91. The van der Waals surface area contributed by atoms with E-state index >= 15 is 0 Å². The third-order valence-electron chi connectivity index (χ3n) is 3.38. The molecule has 3 unspecified atom stereocenters. The molecule has 3 rings (SSSR count). The van der Waals surface area contributed by atoms with Crippen LogP contribution in [0.25, 0.3) is 0 Å². The highest BCUT2D eigenvalue weighted by molar-refractivity contribution is 4.88. The van der Waals surface area contributed by atoms with E-state index in [1.807, 2.05) is 0 Å². The molecule has 4 atom stereocenters. The van der Waals surface area contributed by atoms with Crippen LogP contribution in [0.5, 0.6) is 0 Å². The zero-order valence-electron chi connectivity index (χ0n) is 7.01. The van der Waals surface area contributed by atoms with Gasteiger partial charge in [-0.25, -0.2) is 0 Å². The Bertz CT molecular complexity index is 117. The molecule has 58 valence electrons. The van der Waals surface area contributed by atoms with Crippen LogP contribution in [-0.4, -0.2) is 24.0 Å². The van der Waals surface area contributed by atoms with Crippen molar-refractivity contribution in [3.05, 3.63) is 0 Å². The van der Waals surface area contributed by atoms with Crippen LogP contribution in [0.2, 0.25) is 0 Å². The highest BCUT2D eigenvalue weighted by Crippen LogP contribution is 2.35. The molecule has 3 fully saturated rings. The summed E-state index contributed by atoms with van der Waals surface area (Å²) in [4.78, 5) is 2.64. The molecule has 0 aromatic heterocycles. The highest BCUT2D eigenvalue weighted by atomic mass is 15.2. The second-order valence-electron chi connectivity index (χ2n) is 4.11. The van der Waals surface area contributed by atoms with Crippen LogP contribution in [0.1, 0.15) is 26.7 Å². The molecule has 1 heteroatoms. The van der Waals surface area contributed by atoms with E-state index < -0.39 is 0 Å². The fourth-order valence-corrected chi connectivity index (χ4v) is 2.56. The van der Waals surface area contributed by atoms with Crippen molar-refractivity contribution >= 4 is 0 Å². The molecule has 10 heavy (non-hydrogen) atoms. The molecule has 0 aliphatic carbocycles. The second-order valence-corrected chi connectivity index (χ2v) is 4.11. The van der Waals surface area contributed by atoms with E-state index in [0.29, 0.717) is 0 Å². The Kier molecular flexibility index (Phi) is 1.48. The van der Waals surface area contributed by atoms with Crippen LogP contribution < -0.4 is 0 Å². The number of hydrogen-bond acceptors (Lipinski definition) is 1. The van der Waals surface area contributed by atoms with Crippen LogP contribution in [0.4, 0.5) is 0 Å². The normalized spacial score (nSPS) is 53.4. The van der Waals surface area contributed by atoms with Crippen molar-refractivity contribution in [1.82, 2.24) is 4.90 Å². The minimum atomic E-state index is 0.884. The van der Waals surface area contributed by atoms with Gasteiger partial charge in [0.25, 0.3) is 0 Å². The van der Waals surface area contributed by atoms with Gasteiger partial charge in [-0.15, -0.1) is 0 Å². The summed E-state index contributed by atoms with van der Waals surface area (Å²) in [5.74, 6) is 2.03. The van der Waals surface area contributed by atoms with Crippen LogP contribution in [0, 0.1) is 11.8 Å². The Hall–Kier alpha value is -0.0400. The predicted octanol–water partition coefficient (Wildman–Crippen LogP) is 1.74. The molecule has 0 amide bonds. The molecule has 3 saturated heterocycles. The Morgan fingerprint density at radius 1 is 1.30 bits per heavy atom. The lowest BCUT2D eigenvalue weighted by atomic mass is 9.77. The number of piperidine rings is 3. The van der Waals surface area contributed by atoms with Crippen molar-refractivity contribution in [1.29, 1.82) is 0 Å². The van der Waals surface area contributed by atoms with Gasteiger partial charge in [-0.2, -0.15) is 0 Å². The maximum atomic E-state index is 2.64. The summed E-state index contributed by atoms with van der Waals surface area (Å²) in [6.07, 6.45) is 2.92. The maximum Gasteiger partial charge on any atom is 0.00698 e. The molecule has 0 aromatic rings. The van der Waals surface area contributed by atoms with Gasteiger partial charge in [0.1, 0.15) is 0 Å². The van der Waals surface area contributed by atoms with Crippen molar-refractivity contribution in [2.45, 2.75) is 32.7 Å².